The molecule has 1 amide bonds. The number of amides is 1. The molecule has 4 nitrogen and oxygen atoms in total. The number of nitrogens with zero attached hydrogens (tertiary/aromatic N) is 1. The Morgan fingerprint density at radius 2 is 2.21 bits per heavy atom. The van der Waals surface area contributed by atoms with Gasteiger partial charge in [0.05, 0.1) is 17.4 Å². The van der Waals surface area contributed by atoms with Crippen LogP contribution in [0.1, 0.15) is 29.6 Å². The lowest BCUT2D eigenvalue weighted by molar-refractivity contribution is -0.114. The van der Waals surface area contributed by atoms with Crippen LogP contribution >= 0.6 is 0 Å². The van der Waals surface area contributed by atoms with Crippen LogP contribution in [0.2, 0.25) is 0 Å². The Morgan fingerprint density at radius 3 is 2.95 bits per heavy atom. The van der Waals surface area contributed by atoms with E-state index in [1.54, 1.807) is 0 Å². The van der Waals surface area contributed by atoms with Crippen LogP contribution in [0.15, 0.2) is 18.2 Å². The van der Waals surface area contributed by atoms with Crippen LogP contribution in [0.4, 0.5) is 10.1 Å². The number of benzene rings is 1. The Hall–Kier alpha value is -1.75. The van der Waals surface area contributed by atoms with Crippen LogP contribution in [0.3, 0.4) is 0 Å². The number of hydrogen-bond acceptors (Lipinski definition) is 3. The van der Waals surface area contributed by atoms with Crippen molar-refractivity contribution in [3.8, 4) is 0 Å². The monoisotopic (exact) mass is 263 g/mol. The summed E-state index contributed by atoms with van der Waals surface area (Å²) in [7, 11) is 0. The number of Topliss-reactive ketones (excluding diaryl/α,β-unsaturated/α-hetero) is 1. The molecular formula is C14H14FNO3. The first-order valence-electron chi connectivity index (χ1n) is 6.44. The summed E-state index contributed by atoms with van der Waals surface area (Å²) >= 11 is 0. The lowest BCUT2D eigenvalue weighted by Gasteiger charge is -2.18. The highest BCUT2D eigenvalue weighted by atomic mass is 19.1. The lowest BCUT2D eigenvalue weighted by atomic mass is 10.1. The molecular weight excluding hydrogens is 249 g/mol. The van der Waals surface area contributed by atoms with Gasteiger partial charge in [-0.2, -0.15) is 0 Å². The predicted molar refractivity (Wildman–Crippen MR) is 66.7 cm³/mol. The summed E-state index contributed by atoms with van der Waals surface area (Å²) in [6, 6.07) is 3.82. The Kier molecular flexibility index (Phi) is 3.06. The second kappa shape index (κ2) is 4.74. The molecule has 0 bridgehead atoms. The van der Waals surface area contributed by atoms with Gasteiger partial charge in [0.1, 0.15) is 5.82 Å². The Balaban J connectivity index is 1.79. The topological polar surface area (TPSA) is 46.6 Å². The molecule has 1 unspecified atom stereocenters. The first-order chi connectivity index (χ1) is 9.16. The molecule has 1 fully saturated rings. The van der Waals surface area contributed by atoms with E-state index in [9.17, 15) is 14.0 Å². The van der Waals surface area contributed by atoms with Gasteiger partial charge in [0.2, 0.25) is 0 Å². The van der Waals surface area contributed by atoms with Crippen LogP contribution in [-0.4, -0.2) is 30.9 Å². The molecule has 0 N–H and O–H groups in total. The minimum absolute atomic E-state index is 0.139. The quantitative estimate of drug-likeness (QED) is 0.783. The molecule has 0 aromatic heterocycles. The average Bonchev–Trinajstić information content (AvgIpc) is 2.98. The van der Waals surface area contributed by atoms with Crippen molar-refractivity contribution in [2.45, 2.75) is 25.4 Å². The fourth-order valence-electron chi connectivity index (χ4n) is 2.63. The maximum Gasteiger partial charge on any atom is 0.299 e. The number of carbonyl (C=O) groups excluding carboxylic acids is 2. The number of anilines is 1. The van der Waals surface area contributed by atoms with Crippen molar-refractivity contribution in [2.75, 3.05) is 18.1 Å². The molecule has 1 aromatic rings. The number of ketones is 1. The molecule has 1 aromatic carbocycles. The van der Waals surface area contributed by atoms with Crippen molar-refractivity contribution < 1.29 is 18.7 Å². The third kappa shape index (κ3) is 2.14. The predicted octanol–water partition coefficient (Wildman–Crippen LogP) is 1.92. The SMILES string of the molecule is O=C1C(=O)N(CCC2CCCO2)c2cc(F)ccc21. The first-order valence-corrected chi connectivity index (χ1v) is 6.44. The molecule has 100 valence electrons. The number of ether oxygens (including phenoxy) is 1. The van der Waals surface area contributed by atoms with E-state index in [2.05, 4.69) is 0 Å². The summed E-state index contributed by atoms with van der Waals surface area (Å²) < 4.78 is 18.7. The highest BCUT2D eigenvalue weighted by Crippen LogP contribution is 2.30. The summed E-state index contributed by atoms with van der Waals surface area (Å²) in [6.07, 6.45) is 2.82. The van der Waals surface area contributed by atoms with Crippen molar-refractivity contribution in [2.24, 2.45) is 0 Å². The van der Waals surface area contributed by atoms with Gasteiger partial charge in [-0.25, -0.2) is 4.39 Å². The maximum absolute atomic E-state index is 13.3. The van der Waals surface area contributed by atoms with Gasteiger partial charge in [-0.1, -0.05) is 0 Å². The second-order valence-corrected chi connectivity index (χ2v) is 4.87. The summed E-state index contributed by atoms with van der Waals surface area (Å²) in [5.74, 6) is -1.57. The van der Waals surface area contributed by atoms with E-state index >= 15 is 0 Å². The van der Waals surface area contributed by atoms with Crippen molar-refractivity contribution in [3.05, 3.63) is 29.6 Å². The summed E-state index contributed by atoms with van der Waals surface area (Å²) in [5, 5.41) is 0. The van der Waals surface area contributed by atoms with Crippen molar-refractivity contribution in [1.29, 1.82) is 0 Å². The molecule has 3 rings (SSSR count). The number of rotatable bonds is 3. The average molecular weight is 263 g/mol. The van der Waals surface area contributed by atoms with Crippen molar-refractivity contribution >= 4 is 17.4 Å². The lowest BCUT2D eigenvalue weighted by Crippen LogP contribution is -2.32. The number of fused-ring (bicyclic) bond motifs is 1. The Labute approximate surface area is 110 Å². The molecule has 0 radical (unpaired) electrons. The minimum Gasteiger partial charge on any atom is -0.378 e. The zero-order chi connectivity index (χ0) is 13.4. The number of halogens is 1. The maximum atomic E-state index is 13.3. The molecule has 5 heteroatoms. The summed E-state index contributed by atoms with van der Waals surface area (Å²) in [5.41, 5.74) is 0.673. The van der Waals surface area contributed by atoms with Gasteiger partial charge in [-0.15, -0.1) is 0 Å². The zero-order valence-corrected chi connectivity index (χ0v) is 10.4. The molecule has 0 saturated carbocycles. The normalized spacial score (nSPS) is 22.2. The standard InChI is InChI=1S/C14H14FNO3/c15-9-3-4-11-12(8-9)16(14(18)13(11)17)6-5-10-2-1-7-19-10/h3-4,8,10H,1-2,5-7H2. The van der Waals surface area contributed by atoms with Gasteiger partial charge >= 0.3 is 0 Å². The van der Waals surface area contributed by atoms with Gasteiger partial charge < -0.3 is 9.64 Å². The fraction of sp³-hybridized carbons (Fsp3) is 0.429. The van der Waals surface area contributed by atoms with E-state index in [1.807, 2.05) is 0 Å². The third-order valence-corrected chi connectivity index (χ3v) is 3.63. The van der Waals surface area contributed by atoms with Gasteiger partial charge in [-0.05, 0) is 37.5 Å². The molecule has 1 saturated heterocycles. The number of carbonyl (C=O) groups is 2. The van der Waals surface area contributed by atoms with Crippen LogP contribution in [0, 0.1) is 5.82 Å². The van der Waals surface area contributed by atoms with Gasteiger partial charge in [0.25, 0.3) is 11.7 Å². The van der Waals surface area contributed by atoms with E-state index in [4.69, 9.17) is 4.74 Å². The largest absolute Gasteiger partial charge is 0.378 e. The second-order valence-electron chi connectivity index (χ2n) is 4.87. The van der Waals surface area contributed by atoms with Crippen LogP contribution < -0.4 is 4.90 Å². The molecule has 0 aliphatic carbocycles. The van der Waals surface area contributed by atoms with Gasteiger partial charge in [-0.3, -0.25) is 9.59 Å². The first kappa shape index (κ1) is 12.3. The Bertz CT molecular complexity index is 537. The minimum atomic E-state index is -0.571. The van der Waals surface area contributed by atoms with Gasteiger partial charge in [0.15, 0.2) is 0 Å². The Morgan fingerprint density at radius 1 is 1.37 bits per heavy atom. The van der Waals surface area contributed by atoms with Crippen LogP contribution in [-0.2, 0) is 9.53 Å². The van der Waals surface area contributed by atoms with E-state index in [1.165, 1.54) is 23.1 Å². The summed E-state index contributed by atoms with van der Waals surface area (Å²) in [6.45, 7) is 1.15. The molecule has 19 heavy (non-hydrogen) atoms. The molecule has 1 atom stereocenters. The highest BCUT2D eigenvalue weighted by molar-refractivity contribution is 6.52. The van der Waals surface area contributed by atoms with Crippen LogP contribution in [0.25, 0.3) is 0 Å². The fourth-order valence-corrected chi connectivity index (χ4v) is 2.63. The molecule has 2 heterocycles. The van der Waals surface area contributed by atoms with Gasteiger partial charge in [0, 0.05) is 13.2 Å². The molecule has 2 aliphatic heterocycles. The summed E-state index contributed by atoms with van der Waals surface area (Å²) in [4.78, 5) is 25.0. The molecule has 2 aliphatic rings. The highest BCUT2D eigenvalue weighted by Gasteiger charge is 2.36. The smallest absolute Gasteiger partial charge is 0.299 e. The van der Waals surface area contributed by atoms with Crippen molar-refractivity contribution in [3.63, 3.8) is 0 Å². The molecule has 0 spiro atoms. The van der Waals surface area contributed by atoms with E-state index in [0.29, 0.717) is 24.2 Å². The van der Waals surface area contributed by atoms with E-state index < -0.39 is 17.5 Å². The van der Waals surface area contributed by atoms with E-state index in [-0.39, 0.29) is 6.10 Å². The third-order valence-electron chi connectivity index (χ3n) is 3.63. The number of hydrogen-bond donors (Lipinski definition) is 0. The van der Waals surface area contributed by atoms with E-state index in [0.717, 1.165) is 19.4 Å². The van der Waals surface area contributed by atoms with Crippen LogP contribution in [0.5, 0.6) is 0 Å². The zero-order valence-electron chi connectivity index (χ0n) is 10.4. The van der Waals surface area contributed by atoms with Crippen molar-refractivity contribution in [1.82, 2.24) is 0 Å².